The Balaban J connectivity index is 1.71. The molecule has 0 aliphatic rings. The maximum Gasteiger partial charge on any atom is 0.344 e. The molecule has 0 aliphatic heterocycles. The molecule has 0 fully saturated rings. The van der Waals surface area contributed by atoms with Gasteiger partial charge in [-0.25, -0.2) is 4.79 Å². The highest BCUT2D eigenvalue weighted by atomic mass is 35.5. The standard InChI is InChI=1S/C17H18ClN3O6/c1-3-13-16(10(2)27-21-13)17(24)26-9-15(23)20-19-14(22)8-25-12-6-4-11(18)5-7-12/h4-7H,3,8-9H2,1-2H3,(H,19,22)(H,20,23). The number of benzene rings is 1. The number of amides is 2. The Hall–Kier alpha value is -3.07. The van der Waals surface area contributed by atoms with Crippen LogP contribution in [0.5, 0.6) is 5.75 Å². The summed E-state index contributed by atoms with van der Waals surface area (Å²) in [6.07, 6.45) is 0.484. The van der Waals surface area contributed by atoms with E-state index in [0.29, 0.717) is 28.6 Å². The second-order valence-electron chi connectivity index (χ2n) is 5.33. The average molecular weight is 396 g/mol. The number of carbonyl (C=O) groups excluding carboxylic acids is 3. The first-order valence-corrected chi connectivity index (χ1v) is 8.36. The maximum atomic E-state index is 12.0. The predicted octanol–water partition coefficient (Wildman–Crippen LogP) is 1.58. The third-order valence-corrected chi connectivity index (χ3v) is 3.58. The minimum Gasteiger partial charge on any atom is -0.484 e. The third-order valence-electron chi connectivity index (χ3n) is 3.33. The number of aryl methyl sites for hydroxylation is 2. The van der Waals surface area contributed by atoms with E-state index in [2.05, 4.69) is 16.0 Å². The second-order valence-corrected chi connectivity index (χ2v) is 5.77. The van der Waals surface area contributed by atoms with Gasteiger partial charge in [0.15, 0.2) is 13.2 Å². The van der Waals surface area contributed by atoms with E-state index in [1.807, 2.05) is 6.92 Å². The summed E-state index contributed by atoms with van der Waals surface area (Å²) in [5.41, 5.74) is 4.91. The number of nitrogens with one attached hydrogen (secondary N) is 2. The van der Waals surface area contributed by atoms with Crippen LogP contribution >= 0.6 is 11.6 Å². The van der Waals surface area contributed by atoms with Crippen molar-refractivity contribution in [3.8, 4) is 5.75 Å². The van der Waals surface area contributed by atoms with Crippen LogP contribution in [0.4, 0.5) is 0 Å². The Bertz CT molecular complexity index is 819. The zero-order chi connectivity index (χ0) is 19.8. The molecule has 27 heavy (non-hydrogen) atoms. The number of hydrazine groups is 1. The molecule has 144 valence electrons. The minimum absolute atomic E-state index is 0.200. The van der Waals surface area contributed by atoms with Crippen molar-refractivity contribution < 1.29 is 28.4 Å². The fraction of sp³-hybridized carbons (Fsp3) is 0.294. The number of hydrogen-bond donors (Lipinski definition) is 2. The van der Waals surface area contributed by atoms with Crippen LogP contribution < -0.4 is 15.6 Å². The van der Waals surface area contributed by atoms with Crippen molar-refractivity contribution >= 4 is 29.4 Å². The van der Waals surface area contributed by atoms with Gasteiger partial charge in [0.25, 0.3) is 11.8 Å². The highest BCUT2D eigenvalue weighted by molar-refractivity contribution is 6.30. The largest absolute Gasteiger partial charge is 0.484 e. The van der Waals surface area contributed by atoms with Crippen molar-refractivity contribution in [3.63, 3.8) is 0 Å². The monoisotopic (exact) mass is 395 g/mol. The molecular weight excluding hydrogens is 378 g/mol. The molecule has 0 atom stereocenters. The summed E-state index contributed by atoms with van der Waals surface area (Å²) in [5.74, 6) is -1.27. The number of esters is 1. The molecule has 0 saturated heterocycles. The number of nitrogens with zero attached hydrogens (tertiary/aromatic N) is 1. The van der Waals surface area contributed by atoms with Gasteiger partial charge in [0, 0.05) is 5.02 Å². The Labute approximate surface area is 159 Å². The lowest BCUT2D eigenvalue weighted by Gasteiger charge is -2.09. The van der Waals surface area contributed by atoms with Crippen LogP contribution in [-0.2, 0) is 20.7 Å². The van der Waals surface area contributed by atoms with Crippen LogP contribution in [0.15, 0.2) is 28.8 Å². The molecule has 2 aromatic rings. The molecule has 1 heterocycles. The van der Waals surface area contributed by atoms with Crippen LogP contribution in [0.1, 0.15) is 28.7 Å². The van der Waals surface area contributed by atoms with E-state index >= 15 is 0 Å². The second kappa shape index (κ2) is 9.58. The molecule has 2 N–H and O–H groups in total. The fourth-order valence-corrected chi connectivity index (χ4v) is 2.14. The van der Waals surface area contributed by atoms with Crippen LogP contribution in [0.25, 0.3) is 0 Å². The third kappa shape index (κ3) is 6.00. The molecular formula is C17H18ClN3O6. The first kappa shape index (κ1) is 20.2. The van der Waals surface area contributed by atoms with Crippen LogP contribution in [-0.4, -0.2) is 36.2 Å². The molecule has 0 spiro atoms. The minimum atomic E-state index is -0.724. The first-order chi connectivity index (χ1) is 12.9. The number of hydrogen-bond acceptors (Lipinski definition) is 7. The molecule has 2 amide bonds. The molecule has 1 aromatic heterocycles. The number of rotatable bonds is 7. The van der Waals surface area contributed by atoms with Crippen LogP contribution in [0.2, 0.25) is 5.02 Å². The fourth-order valence-electron chi connectivity index (χ4n) is 2.02. The Morgan fingerprint density at radius 2 is 1.74 bits per heavy atom. The highest BCUT2D eigenvalue weighted by Crippen LogP contribution is 2.16. The molecule has 1 aromatic carbocycles. The van der Waals surface area contributed by atoms with Crippen molar-refractivity contribution in [2.75, 3.05) is 13.2 Å². The Morgan fingerprint density at radius 1 is 1.11 bits per heavy atom. The van der Waals surface area contributed by atoms with Gasteiger partial charge in [-0.05, 0) is 37.6 Å². The van der Waals surface area contributed by atoms with E-state index in [-0.39, 0.29) is 12.2 Å². The van der Waals surface area contributed by atoms with Gasteiger partial charge in [-0.15, -0.1) is 0 Å². The quantitative estimate of drug-likeness (QED) is 0.539. The summed E-state index contributed by atoms with van der Waals surface area (Å²) >= 11 is 5.74. The van der Waals surface area contributed by atoms with Gasteiger partial charge >= 0.3 is 5.97 Å². The SMILES string of the molecule is CCc1noc(C)c1C(=O)OCC(=O)NNC(=O)COc1ccc(Cl)cc1. The van der Waals surface area contributed by atoms with Gasteiger partial charge < -0.3 is 14.0 Å². The lowest BCUT2D eigenvalue weighted by atomic mass is 10.1. The zero-order valence-corrected chi connectivity index (χ0v) is 15.5. The summed E-state index contributed by atoms with van der Waals surface area (Å²) in [6.45, 7) is 2.48. The molecule has 0 aliphatic carbocycles. The van der Waals surface area contributed by atoms with E-state index in [1.165, 1.54) is 0 Å². The van der Waals surface area contributed by atoms with Crippen molar-refractivity contribution in [2.24, 2.45) is 0 Å². The van der Waals surface area contributed by atoms with Crippen LogP contribution in [0.3, 0.4) is 0 Å². The molecule has 10 heteroatoms. The average Bonchev–Trinajstić information content (AvgIpc) is 3.04. The van der Waals surface area contributed by atoms with Gasteiger partial charge in [-0.1, -0.05) is 23.7 Å². The summed E-state index contributed by atoms with van der Waals surface area (Å²) in [4.78, 5) is 35.3. The topological polar surface area (TPSA) is 120 Å². The summed E-state index contributed by atoms with van der Waals surface area (Å²) < 4.78 is 15.0. The van der Waals surface area contributed by atoms with Gasteiger partial charge in [-0.2, -0.15) is 0 Å². The lowest BCUT2D eigenvalue weighted by molar-refractivity contribution is -0.131. The Morgan fingerprint density at radius 3 is 2.37 bits per heavy atom. The van der Waals surface area contributed by atoms with Gasteiger partial charge in [0.2, 0.25) is 0 Å². The van der Waals surface area contributed by atoms with E-state index < -0.39 is 24.4 Å². The molecule has 0 saturated carbocycles. The smallest absolute Gasteiger partial charge is 0.344 e. The summed E-state index contributed by atoms with van der Waals surface area (Å²) in [5, 5.41) is 4.28. The van der Waals surface area contributed by atoms with Gasteiger partial charge in [0.05, 0.1) is 5.69 Å². The van der Waals surface area contributed by atoms with Gasteiger partial charge in [0.1, 0.15) is 17.1 Å². The molecule has 2 rings (SSSR count). The highest BCUT2D eigenvalue weighted by Gasteiger charge is 2.21. The summed E-state index contributed by atoms with van der Waals surface area (Å²) in [6, 6.07) is 6.44. The van der Waals surface area contributed by atoms with Crippen LogP contribution in [0, 0.1) is 6.92 Å². The molecule has 0 bridgehead atoms. The normalized spacial score (nSPS) is 10.2. The number of aromatic nitrogens is 1. The predicted molar refractivity (Wildman–Crippen MR) is 94.1 cm³/mol. The van der Waals surface area contributed by atoms with Gasteiger partial charge in [-0.3, -0.25) is 20.4 Å². The molecule has 0 unspecified atom stereocenters. The van der Waals surface area contributed by atoms with Crippen molar-refractivity contribution in [3.05, 3.63) is 46.3 Å². The van der Waals surface area contributed by atoms with E-state index in [0.717, 1.165) is 0 Å². The van der Waals surface area contributed by atoms with Crippen molar-refractivity contribution in [1.29, 1.82) is 0 Å². The van der Waals surface area contributed by atoms with Crippen molar-refractivity contribution in [1.82, 2.24) is 16.0 Å². The van der Waals surface area contributed by atoms with E-state index in [1.54, 1.807) is 31.2 Å². The van der Waals surface area contributed by atoms with E-state index in [4.69, 9.17) is 25.6 Å². The molecule has 9 nitrogen and oxygen atoms in total. The number of ether oxygens (including phenoxy) is 2. The maximum absolute atomic E-state index is 12.0. The first-order valence-electron chi connectivity index (χ1n) is 7.99. The lowest BCUT2D eigenvalue weighted by Crippen LogP contribution is -2.45. The van der Waals surface area contributed by atoms with E-state index in [9.17, 15) is 14.4 Å². The Kier molecular flexibility index (Phi) is 7.18. The number of carbonyl (C=O) groups is 3. The molecule has 0 radical (unpaired) electrons. The number of halogens is 1. The summed E-state index contributed by atoms with van der Waals surface area (Å²) in [7, 11) is 0. The zero-order valence-electron chi connectivity index (χ0n) is 14.7. The van der Waals surface area contributed by atoms with Crippen molar-refractivity contribution in [2.45, 2.75) is 20.3 Å².